The van der Waals surface area contributed by atoms with Crippen molar-refractivity contribution in [2.24, 2.45) is 0 Å². The lowest BCUT2D eigenvalue weighted by molar-refractivity contribution is -0.141. The molecule has 136 valence electrons. The minimum absolute atomic E-state index is 0.0272. The van der Waals surface area contributed by atoms with Crippen molar-refractivity contribution in [2.45, 2.75) is 6.18 Å². The Morgan fingerprint density at radius 1 is 1.04 bits per heavy atom. The van der Waals surface area contributed by atoms with Gasteiger partial charge >= 0.3 is 6.18 Å². The van der Waals surface area contributed by atoms with E-state index in [0.29, 0.717) is 21.6 Å². The van der Waals surface area contributed by atoms with E-state index in [1.54, 1.807) is 36.7 Å². The van der Waals surface area contributed by atoms with Crippen LogP contribution in [0.5, 0.6) is 0 Å². The number of alkyl halides is 3. The second-order valence-corrected chi connectivity index (χ2v) is 6.33. The van der Waals surface area contributed by atoms with E-state index < -0.39 is 11.9 Å². The van der Waals surface area contributed by atoms with Crippen molar-refractivity contribution >= 4 is 33.0 Å². The number of rotatable bonds is 3. The van der Waals surface area contributed by atoms with Crippen LogP contribution in [0.15, 0.2) is 59.5 Å². The molecular formula is C17H10BrF3N6. The van der Waals surface area contributed by atoms with E-state index in [4.69, 9.17) is 0 Å². The summed E-state index contributed by atoms with van der Waals surface area (Å²) in [4.78, 5) is 12.1. The first-order valence-corrected chi connectivity index (χ1v) is 8.48. The molecule has 0 saturated heterocycles. The molecule has 0 aromatic carbocycles. The molecule has 0 atom stereocenters. The number of pyridine rings is 2. The number of hydrogen-bond donors (Lipinski definition) is 1. The van der Waals surface area contributed by atoms with E-state index in [-0.39, 0.29) is 11.5 Å². The number of nitrogens with one attached hydrogen (secondary N) is 1. The van der Waals surface area contributed by atoms with E-state index in [0.717, 1.165) is 6.07 Å². The van der Waals surface area contributed by atoms with Crippen molar-refractivity contribution < 1.29 is 13.2 Å². The number of fused-ring (bicyclic) bond motifs is 1. The van der Waals surface area contributed by atoms with Gasteiger partial charge in [-0.05, 0) is 52.3 Å². The molecular weight excluding hydrogens is 425 g/mol. The van der Waals surface area contributed by atoms with Crippen LogP contribution in [0, 0.1) is 0 Å². The Morgan fingerprint density at radius 2 is 1.89 bits per heavy atom. The fourth-order valence-corrected chi connectivity index (χ4v) is 2.83. The monoisotopic (exact) mass is 434 g/mol. The van der Waals surface area contributed by atoms with Crippen LogP contribution in [0.25, 0.3) is 17.0 Å². The summed E-state index contributed by atoms with van der Waals surface area (Å²) in [6.45, 7) is 0. The number of anilines is 2. The molecule has 27 heavy (non-hydrogen) atoms. The molecule has 6 nitrogen and oxygen atoms in total. The second kappa shape index (κ2) is 6.62. The topological polar surface area (TPSA) is 68.0 Å². The van der Waals surface area contributed by atoms with Crippen molar-refractivity contribution in [3.05, 3.63) is 65.2 Å². The Morgan fingerprint density at radius 3 is 2.67 bits per heavy atom. The maximum Gasteiger partial charge on any atom is 0.433 e. The Labute approximate surface area is 159 Å². The van der Waals surface area contributed by atoms with Gasteiger partial charge in [0.1, 0.15) is 21.5 Å². The van der Waals surface area contributed by atoms with Crippen molar-refractivity contribution in [3.63, 3.8) is 0 Å². The molecule has 0 aliphatic heterocycles. The van der Waals surface area contributed by atoms with Crippen molar-refractivity contribution in [3.8, 4) is 11.5 Å². The third-order valence-electron chi connectivity index (χ3n) is 3.65. The standard InChI is InChI=1S/C17H10BrF3N6/c18-14-9-10(6-7-22-14)23-16-12-4-2-8-27(12)26-15(25-16)11-3-1-5-13(24-11)17(19,20)21/h1-9H,(H,22,23,25,26). The van der Waals surface area contributed by atoms with E-state index in [9.17, 15) is 13.2 Å². The average Bonchev–Trinajstić information content (AvgIpc) is 3.10. The molecule has 4 heterocycles. The number of hydrogen-bond acceptors (Lipinski definition) is 5. The van der Waals surface area contributed by atoms with E-state index in [1.165, 1.54) is 16.6 Å². The predicted molar refractivity (Wildman–Crippen MR) is 96.4 cm³/mol. The quantitative estimate of drug-likeness (QED) is 0.472. The van der Waals surface area contributed by atoms with Gasteiger partial charge in [0, 0.05) is 18.1 Å². The maximum absolute atomic E-state index is 13.0. The Bertz CT molecular complexity index is 1130. The van der Waals surface area contributed by atoms with Gasteiger partial charge in [-0.2, -0.15) is 13.2 Å². The summed E-state index contributed by atoms with van der Waals surface area (Å²) in [5.74, 6) is 0.503. The van der Waals surface area contributed by atoms with Crippen molar-refractivity contribution in [1.29, 1.82) is 0 Å². The summed E-state index contributed by atoms with van der Waals surface area (Å²) in [6, 6.07) is 10.7. The number of halogens is 4. The lowest BCUT2D eigenvalue weighted by Gasteiger charge is -2.11. The third-order valence-corrected chi connectivity index (χ3v) is 4.08. The Balaban J connectivity index is 1.81. The Kier molecular flexibility index (Phi) is 4.27. The van der Waals surface area contributed by atoms with Gasteiger partial charge < -0.3 is 5.32 Å². The summed E-state index contributed by atoms with van der Waals surface area (Å²) >= 11 is 3.29. The first-order valence-electron chi connectivity index (χ1n) is 7.69. The molecule has 0 radical (unpaired) electrons. The summed E-state index contributed by atoms with van der Waals surface area (Å²) in [6.07, 6.45) is -1.25. The largest absolute Gasteiger partial charge is 0.433 e. The zero-order valence-corrected chi connectivity index (χ0v) is 15.0. The summed E-state index contributed by atoms with van der Waals surface area (Å²) in [7, 11) is 0. The zero-order valence-electron chi connectivity index (χ0n) is 13.4. The van der Waals surface area contributed by atoms with Gasteiger partial charge in [0.05, 0.1) is 0 Å². The van der Waals surface area contributed by atoms with E-state index in [2.05, 4.69) is 41.3 Å². The van der Waals surface area contributed by atoms with Crippen LogP contribution >= 0.6 is 15.9 Å². The molecule has 0 bridgehead atoms. The fourth-order valence-electron chi connectivity index (χ4n) is 2.47. The molecule has 10 heteroatoms. The van der Waals surface area contributed by atoms with Gasteiger partial charge in [-0.15, -0.1) is 5.10 Å². The third kappa shape index (κ3) is 3.61. The molecule has 4 rings (SSSR count). The van der Waals surface area contributed by atoms with Crippen LogP contribution in [0.1, 0.15) is 5.69 Å². The molecule has 4 aromatic heterocycles. The molecule has 0 amide bonds. The van der Waals surface area contributed by atoms with Crippen LogP contribution in [0.2, 0.25) is 0 Å². The zero-order chi connectivity index (χ0) is 19.0. The van der Waals surface area contributed by atoms with E-state index >= 15 is 0 Å². The van der Waals surface area contributed by atoms with Gasteiger partial charge in [0.25, 0.3) is 0 Å². The SMILES string of the molecule is FC(F)(F)c1cccc(-c2nc(Nc3ccnc(Br)c3)c3cccn3n2)n1. The van der Waals surface area contributed by atoms with Gasteiger partial charge in [0.15, 0.2) is 5.82 Å². The van der Waals surface area contributed by atoms with Crippen LogP contribution in [0.4, 0.5) is 24.7 Å². The highest BCUT2D eigenvalue weighted by Crippen LogP contribution is 2.29. The molecule has 0 unspecified atom stereocenters. The molecule has 1 N–H and O–H groups in total. The molecule has 0 aliphatic carbocycles. The van der Waals surface area contributed by atoms with Crippen LogP contribution < -0.4 is 5.32 Å². The maximum atomic E-state index is 13.0. The molecule has 0 aliphatic rings. The summed E-state index contributed by atoms with van der Waals surface area (Å²) in [5, 5.41) is 7.40. The molecule has 0 saturated carbocycles. The second-order valence-electron chi connectivity index (χ2n) is 5.52. The first kappa shape index (κ1) is 17.4. The summed E-state index contributed by atoms with van der Waals surface area (Å²) < 4.78 is 41.0. The lowest BCUT2D eigenvalue weighted by Crippen LogP contribution is -2.09. The molecule has 4 aromatic rings. The normalized spacial score (nSPS) is 11.7. The van der Waals surface area contributed by atoms with Crippen molar-refractivity contribution in [2.75, 3.05) is 5.32 Å². The fraction of sp³-hybridized carbons (Fsp3) is 0.0588. The van der Waals surface area contributed by atoms with Crippen molar-refractivity contribution in [1.82, 2.24) is 24.6 Å². The highest BCUT2D eigenvalue weighted by Gasteiger charge is 2.32. The van der Waals surface area contributed by atoms with Gasteiger partial charge in [-0.25, -0.2) is 19.5 Å². The molecule has 0 spiro atoms. The smallest absolute Gasteiger partial charge is 0.338 e. The average molecular weight is 435 g/mol. The minimum Gasteiger partial charge on any atom is -0.338 e. The highest BCUT2D eigenvalue weighted by atomic mass is 79.9. The highest BCUT2D eigenvalue weighted by molar-refractivity contribution is 9.10. The van der Waals surface area contributed by atoms with Crippen LogP contribution in [-0.4, -0.2) is 24.6 Å². The number of aromatic nitrogens is 5. The van der Waals surface area contributed by atoms with E-state index in [1.807, 2.05) is 0 Å². The minimum atomic E-state index is -4.54. The Hall–Kier alpha value is -3.01. The van der Waals surface area contributed by atoms with Gasteiger partial charge in [-0.1, -0.05) is 6.07 Å². The molecule has 0 fully saturated rings. The van der Waals surface area contributed by atoms with Gasteiger partial charge in [0.2, 0.25) is 5.82 Å². The summed E-state index contributed by atoms with van der Waals surface area (Å²) in [5.41, 5.74) is 0.406. The lowest BCUT2D eigenvalue weighted by atomic mass is 10.3. The first-order chi connectivity index (χ1) is 12.9. The predicted octanol–water partition coefficient (Wildman–Crippen LogP) is 4.71. The van der Waals surface area contributed by atoms with Crippen LogP contribution in [-0.2, 0) is 6.18 Å². The number of nitrogens with zero attached hydrogens (tertiary/aromatic N) is 5. The van der Waals surface area contributed by atoms with Gasteiger partial charge in [-0.3, -0.25) is 0 Å². The van der Waals surface area contributed by atoms with Crippen LogP contribution in [0.3, 0.4) is 0 Å².